The van der Waals surface area contributed by atoms with Crippen molar-refractivity contribution < 1.29 is 14.7 Å². The van der Waals surface area contributed by atoms with Crippen LogP contribution in [0, 0.1) is 19.8 Å². The fourth-order valence-corrected chi connectivity index (χ4v) is 4.22. The Morgan fingerprint density at radius 1 is 1.15 bits per heavy atom. The lowest BCUT2D eigenvalue weighted by molar-refractivity contribution is -0.143. The van der Waals surface area contributed by atoms with Crippen LogP contribution in [0.1, 0.15) is 60.0 Å². The van der Waals surface area contributed by atoms with Crippen LogP contribution >= 0.6 is 0 Å². The molecule has 0 bridgehead atoms. The first-order valence-electron chi connectivity index (χ1n) is 9.58. The number of carbonyl (C=O) groups excluding carboxylic acids is 1. The van der Waals surface area contributed by atoms with Crippen LogP contribution in [0.2, 0.25) is 0 Å². The van der Waals surface area contributed by atoms with Gasteiger partial charge in [-0.3, -0.25) is 9.59 Å². The summed E-state index contributed by atoms with van der Waals surface area (Å²) >= 11 is 0. The van der Waals surface area contributed by atoms with Crippen molar-refractivity contribution in [2.24, 2.45) is 5.92 Å². The van der Waals surface area contributed by atoms with Gasteiger partial charge in [-0.25, -0.2) is 0 Å². The number of carbonyl (C=O) groups is 2. The number of hydrogen-bond acceptors (Lipinski definition) is 2. The summed E-state index contributed by atoms with van der Waals surface area (Å²) in [5.74, 6) is -1.35. The minimum Gasteiger partial charge on any atom is -0.481 e. The topological polar surface area (TPSA) is 62.5 Å². The van der Waals surface area contributed by atoms with Gasteiger partial charge in [0.1, 0.15) is 0 Å². The van der Waals surface area contributed by atoms with E-state index in [1.54, 1.807) is 4.90 Å². The molecule has 1 N–H and O–H groups in total. The first-order chi connectivity index (χ1) is 12.8. The number of aryl methyl sites for hydroxylation is 1. The standard InChI is InChI=1S/C22H28N2O3/c1-14-10-11-19(22(26)27)13-23(14)21(25)20-12-15(2)24(17(20)4)16(3)18-8-6-5-7-9-18/h5-9,12,14,16,19H,10-11,13H2,1-4H3,(H,26,27). The second kappa shape index (κ2) is 7.59. The van der Waals surface area contributed by atoms with Crippen molar-refractivity contribution in [2.75, 3.05) is 6.54 Å². The summed E-state index contributed by atoms with van der Waals surface area (Å²) in [6.45, 7) is 8.41. The lowest BCUT2D eigenvalue weighted by atomic mass is 9.93. The molecule has 1 amide bonds. The Labute approximate surface area is 160 Å². The summed E-state index contributed by atoms with van der Waals surface area (Å²) in [6.07, 6.45) is 1.35. The van der Waals surface area contributed by atoms with E-state index in [2.05, 4.69) is 23.6 Å². The van der Waals surface area contributed by atoms with Crippen LogP contribution in [0.3, 0.4) is 0 Å². The second-order valence-electron chi connectivity index (χ2n) is 7.66. The number of carboxylic acid groups (broad SMARTS) is 1. The average Bonchev–Trinajstić information content (AvgIpc) is 2.95. The molecule has 2 heterocycles. The summed E-state index contributed by atoms with van der Waals surface area (Å²) in [6, 6.07) is 12.3. The molecule has 3 atom stereocenters. The second-order valence-corrected chi connectivity index (χ2v) is 7.66. The van der Waals surface area contributed by atoms with Crippen LogP contribution in [0.25, 0.3) is 0 Å². The van der Waals surface area contributed by atoms with Gasteiger partial charge in [0, 0.05) is 24.0 Å². The lowest BCUT2D eigenvalue weighted by Gasteiger charge is -2.36. The van der Waals surface area contributed by atoms with E-state index >= 15 is 0 Å². The number of likely N-dealkylation sites (tertiary alicyclic amines) is 1. The number of amides is 1. The van der Waals surface area contributed by atoms with E-state index in [-0.39, 0.29) is 24.5 Å². The zero-order valence-electron chi connectivity index (χ0n) is 16.5. The van der Waals surface area contributed by atoms with Gasteiger partial charge in [-0.15, -0.1) is 0 Å². The Balaban J connectivity index is 1.91. The maximum Gasteiger partial charge on any atom is 0.308 e. The van der Waals surface area contributed by atoms with Crippen LogP contribution in [0.15, 0.2) is 36.4 Å². The molecule has 3 rings (SSSR count). The number of carboxylic acids is 1. The molecule has 3 unspecified atom stereocenters. The van der Waals surface area contributed by atoms with Crippen molar-refractivity contribution >= 4 is 11.9 Å². The van der Waals surface area contributed by atoms with E-state index in [0.717, 1.165) is 17.8 Å². The highest BCUT2D eigenvalue weighted by Gasteiger charge is 2.34. The van der Waals surface area contributed by atoms with Crippen LogP contribution < -0.4 is 0 Å². The number of rotatable bonds is 4. The van der Waals surface area contributed by atoms with Crippen LogP contribution in [-0.2, 0) is 4.79 Å². The van der Waals surface area contributed by atoms with Gasteiger partial charge in [0.15, 0.2) is 0 Å². The summed E-state index contributed by atoms with van der Waals surface area (Å²) in [4.78, 5) is 26.4. The molecule has 27 heavy (non-hydrogen) atoms. The van der Waals surface area contributed by atoms with Gasteiger partial charge >= 0.3 is 5.97 Å². The lowest BCUT2D eigenvalue weighted by Crippen LogP contribution is -2.47. The average molecular weight is 368 g/mol. The number of benzene rings is 1. The fraction of sp³-hybridized carbons (Fsp3) is 0.455. The molecule has 5 heteroatoms. The van der Waals surface area contributed by atoms with Gasteiger partial charge < -0.3 is 14.6 Å². The van der Waals surface area contributed by atoms with E-state index in [4.69, 9.17) is 0 Å². The van der Waals surface area contributed by atoms with Crippen molar-refractivity contribution in [3.05, 3.63) is 58.9 Å². The Morgan fingerprint density at radius 3 is 2.44 bits per heavy atom. The minimum absolute atomic E-state index is 0.0581. The Bertz CT molecular complexity index is 841. The molecule has 2 aromatic rings. The first kappa shape index (κ1) is 19.2. The molecule has 0 spiro atoms. The highest BCUT2D eigenvalue weighted by Crippen LogP contribution is 2.29. The Morgan fingerprint density at radius 2 is 1.81 bits per heavy atom. The Kier molecular flexibility index (Phi) is 5.40. The molecule has 1 saturated heterocycles. The highest BCUT2D eigenvalue weighted by molar-refractivity contribution is 5.96. The van der Waals surface area contributed by atoms with Crippen LogP contribution in [0.4, 0.5) is 0 Å². The van der Waals surface area contributed by atoms with Crippen molar-refractivity contribution in [3.63, 3.8) is 0 Å². The molecule has 1 aliphatic heterocycles. The zero-order chi connectivity index (χ0) is 19.7. The third-order valence-corrected chi connectivity index (χ3v) is 5.88. The van der Waals surface area contributed by atoms with Gasteiger partial charge in [-0.2, -0.15) is 0 Å². The predicted octanol–water partition coefficient (Wildman–Crippen LogP) is 4.04. The summed E-state index contributed by atoms with van der Waals surface area (Å²) in [5, 5.41) is 9.35. The molecular weight excluding hydrogens is 340 g/mol. The number of aliphatic carboxylic acids is 1. The molecule has 1 aromatic carbocycles. The number of piperidine rings is 1. The summed E-state index contributed by atoms with van der Waals surface area (Å²) in [7, 11) is 0. The predicted molar refractivity (Wildman–Crippen MR) is 105 cm³/mol. The van der Waals surface area contributed by atoms with Gasteiger partial charge in [0.2, 0.25) is 0 Å². The minimum atomic E-state index is -0.817. The van der Waals surface area contributed by atoms with E-state index in [0.29, 0.717) is 12.0 Å². The van der Waals surface area contributed by atoms with Crippen molar-refractivity contribution in [1.82, 2.24) is 9.47 Å². The zero-order valence-corrected chi connectivity index (χ0v) is 16.5. The first-order valence-corrected chi connectivity index (χ1v) is 9.58. The fourth-order valence-electron chi connectivity index (χ4n) is 4.22. The van der Waals surface area contributed by atoms with Crippen LogP contribution in [-0.4, -0.2) is 39.0 Å². The molecule has 0 saturated carbocycles. The van der Waals surface area contributed by atoms with Gasteiger partial charge in [0.25, 0.3) is 5.91 Å². The van der Waals surface area contributed by atoms with Crippen molar-refractivity contribution in [2.45, 2.75) is 52.6 Å². The maximum absolute atomic E-state index is 13.2. The third-order valence-electron chi connectivity index (χ3n) is 5.88. The molecule has 5 nitrogen and oxygen atoms in total. The quantitative estimate of drug-likeness (QED) is 0.886. The van der Waals surface area contributed by atoms with E-state index in [1.807, 2.05) is 45.0 Å². The molecular formula is C22H28N2O3. The number of aromatic nitrogens is 1. The number of hydrogen-bond donors (Lipinski definition) is 1. The normalized spacial score (nSPS) is 21.1. The Hall–Kier alpha value is -2.56. The molecule has 1 fully saturated rings. The largest absolute Gasteiger partial charge is 0.481 e. The molecule has 0 aliphatic carbocycles. The SMILES string of the molecule is Cc1cc(C(=O)N2CC(C(=O)O)CCC2C)c(C)n1C(C)c1ccccc1. The molecule has 1 aliphatic rings. The van der Waals surface area contributed by atoms with Crippen LogP contribution in [0.5, 0.6) is 0 Å². The smallest absolute Gasteiger partial charge is 0.308 e. The van der Waals surface area contributed by atoms with E-state index in [1.165, 1.54) is 5.56 Å². The van der Waals surface area contributed by atoms with Gasteiger partial charge in [0.05, 0.1) is 17.5 Å². The summed E-state index contributed by atoms with van der Waals surface area (Å²) in [5.41, 5.74) is 3.83. The van der Waals surface area contributed by atoms with Crippen molar-refractivity contribution in [3.8, 4) is 0 Å². The monoisotopic (exact) mass is 368 g/mol. The molecule has 1 aromatic heterocycles. The van der Waals surface area contributed by atoms with Gasteiger partial charge in [-0.1, -0.05) is 30.3 Å². The summed E-state index contributed by atoms with van der Waals surface area (Å²) < 4.78 is 2.19. The van der Waals surface area contributed by atoms with E-state index < -0.39 is 11.9 Å². The van der Waals surface area contributed by atoms with Gasteiger partial charge in [-0.05, 0) is 52.2 Å². The highest BCUT2D eigenvalue weighted by atomic mass is 16.4. The molecule has 144 valence electrons. The van der Waals surface area contributed by atoms with Crippen molar-refractivity contribution in [1.29, 1.82) is 0 Å². The number of nitrogens with zero attached hydrogens (tertiary/aromatic N) is 2. The maximum atomic E-state index is 13.2. The van der Waals surface area contributed by atoms with E-state index in [9.17, 15) is 14.7 Å². The molecule has 0 radical (unpaired) electrons. The third kappa shape index (κ3) is 3.64.